The van der Waals surface area contributed by atoms with Gasteiger partial charge in [-0.25, -0.2) is 0 Å². The number of hydrogen-bond donors (Lipinski definition) is 2. The molecule has 0 fully saturated rings. The Bertz CT molecular complexity index is 636. The molecule has 0 aliphatic carbocycles. The van der Waals surface area contributed by atoms with Crippen LogP contribution in [0.15, 0.2) is 36.7 Å². The highest BCUT2D eigenvalue weighted by Crippen LogP contribution is 2.14. The summed E-state index contributed by atoms with van der Waals surface area (Å²) in [5.74, 6) is 0.161. The molecule has 3 N–H and O–H groups in total. The molecule has 0 saturated heterocycles. The van der Waals surface area contributed by atoms with Crippen LogP contribution in [0.1, 0.15) is 31.0 Å². The van der Waals surface area contributed by atoms with E-state index in [0.29, 0.717) is 5.75 Å². The van der Waals surface area contributed by atoms with E-state index in [4.69, 9.17) is 10.5 Å². The Balaban J connectivity index is 1.84. The second kappa shape index (κ2) is 7.78. The van der Waals surface area contributed by atoms with E-state index in [-0.39, 0.29) is 18.7 Å². The predicted octanol–water partition coefficient (Wildman–Crippen LogP) is 1.79. The first-order chi connectivity index (χ1) is 11.0. The van der Waals surface area contributed by atoms with Crippen LogP contribution in [0.2, 0.25) is 0 Å². The molecule has 1 heterocycles. The Morgan fingerprint density at radius 3 is 2.61 bits per heavy atom. The molecule has 0 saturated carbocycles. The minimum Gasteiger partial charge on any atom is -0.484 e. The van der Waals surface area contributed by atoms with E-state index in [9.17, 15) is 4.79 Å². The largest absolute Gasteiger partial charge is 0.484 e. The number of primary amides is 1. The number of rotatable bonds is 8. The number of amides is 1. The average molecular weight is 316 g/mol. The van der Waals surface area contributed by atoms with Crippen molar-refractivity contribution in [2.75, 3.05) is 6.61 Å². The van der Waals surface area contributed by atoms with Gasteiger partial charge in [-0.1, -0.05) is 12.1 Å². The number of nitrogens with zero attached hydrogens (tertiary/aromatic N) is 2. The van der Waals surface area contributed by atoms with Gasteiger partial charge in [0.1, 0.15) is 5.75 Å². The number of nitrogens with one attached hydrogen (secondary N) is 1. The number of carbonyl (C=O) groups excluding carboxylic acids is 1. The van der Waals surface area contributed by atoms with Crippen molar-refractivity contribution >= 4 is 5.91 Å². The van der Waals surface area contributed by atoms with Gasteiger partial charge in [-0.15, -0.1) is 0 Å². The summed E-state index contributed by atoms with van der Waals surface area (Å²) in [4.78, 5) is 10.7. The molecule has 0 bridgehead atoms. The molecule has 0 aliphatic heterocycles. The van der Waals surface area contributed by atoms with Gasteiger partial charge in [0.2, 0.25) is 0 Å². The Labute approximate surface area is 136 Å². The Morgan fingerprint density at radius 2 is 2.04 bits per heavy atom. The fourth-order valence-electron chi connectivity index (χ4n) is 2.19. The number of aromatic nitrogens is 2. The number of hydrogen-bond acceptors (Lipinski definition) is 4. The van der Waals surface area contributed by atoms with Crippen molar-refractivity contribution in [2.24, 2.45) is 5.73 Å². The summed E-state index contributed by atoms with van der Waals surface area (Å²) < 4.78 is 7.22. The molecule has 1 aromatic carbocycles. The van der Waals surface area contributed by atoms with E-state index in [1.54, 1.807) is 0 Å². The van der Waals surface area contributed by atoms with Gasteiger partial charge in [0, 0.05) is 18.8 Å². The van der Waals surface area contributed by atoms with Gasteiger partial charge >= 0.3 is 0 Å². The normalized spacial score (nSPS) is 13.5. The molecule has 0 unspecified atom stereocenters. The smallest absolute Gasteiger partial charge is 0.255 e. The van der Waals surface area contributed by atoms with E-state index in [0.717, 1.165) is 17.7 Å². The van der Waals surface area contributed by atoms with Gasteiger partial charge in [-0.05, 0) is 44.0 Å². The van der Waals surface area contributed by atoms with Crippen molar-refractivity contribution in [3.8, 4) is 5.75 Å². The van der Waals surface area contributed by atoms with E-state index in [2.05, 4.69) is 24.3 Å². The third kappa shape index (κ3) is 5.10. The maximum Gasteiger partial charge on any atom is 0.255 e. The van der Waals surface area contributed by atoms with Crippen LogP contribution in [-0.2, 0) is 11.3 Å². The number of aryl methyl sites for hydroxylation is 1. The lowest BCUT2D eigenvalue weighted by Crippen LogP contribution is -2.33. The van der Waals surface area contributed by atoms with Crippen LogP contribution < -0.4 is 15.8 Å². The SMILES string of the molecule is Cc1cnn([C@@H](C)[C@H](C)NCc2ccc(OCC(N)=O)cc2)c1. The topological polar surface area (TPSA) is 82.2 Å². The van der Waals surface area contributed by atoms with Crippen LogP contribution in [0.25, 0.3) is 0 Å². The summed E-state index contributed by atoms with van der Waals surface area (Å²) in [6, 6.07) is 8.16. The predicted molar refractivity (Wildman–Crippen MR) is 89.1 cm³/mol. The fourth-order valence-corrected chi connectivity index (χ4v) is 2.19. The highest BCUT2D eigenvalue weighted by molar-refractivity contribution is 5.75. The van der Waals surface area contributed by atoms with Crippen molar-refractivity contribution in [2.45, 2.75) is 39.4 Å². The first-order valence-corrected chi connectivity index (χ1v) is 7.70. The van der Waals surface area contributed by atoms with E-state index in [1.165, 1.54) is 0 Å². The zero-order valence-corrected chi connectivity index (χ0v) is 13.8. The van der Waals surface area contributed by atoms with E-state index >= 15 is 0 Å². The van der Waals surface area contributed by atoms with Gasteiger partial charge in [-0.3, -0.25) is 9.48 Å². The van der Waals surface area contributed by atoms with Crippen LogP contribution in [0.5, 0.6) is 5.75 Å². The number of ether oxygens (including phenoxy) is 1. The van der Waals surface area contributed by atoms with Gasteiger partial charge < -0.3 is 15.8 Å². The van der Waals surface area contributed by atoms with Gasteiger partial charge in [0.25, 0.3) is 5.91 Å². The lowest BCUT2D eigenvalue weighted by Gasteiger charge is -2.22. The van der Waals surface area contributed by atoms with Crippen LogP contribution in [0.3, 0.4) is 0 Å². The van der Waals surface area contributed by atoms with Crippen molar-refractivity contribution in [1.82, 2.24) is 15.1 Å². The van der Waals surface area contributed by atoms with E-state index in [1.807, 2.05) is 48.3 Å². The molecule has 2 atom stereocenters. The summed E-state index contributed by atoms with van der Waals surface area (Å²) >= 11 is 0. The van der Waals surface area contributed by atoms with Crippen molar-refractivity contribution in [1.29, 1.82) is 0 Å². The molecule has 2 aromatic rings. The van der Waals surface area contributed by atoms with Crippen molar-refractivity contribution in [3.63, 3.8) is 0 Å². The summed E-state index contributed by atoms with van der Waals surface area (Å²) in [6.45, 7) is 6.98. The second-order valence-corrected chi connectivity index (χ2v) is 5.81. The zero-order chi connectivity index (χ0) is 16.8. The summed E-state index contributed by atoms with van der Waals surface area (Å²) in [5.41, 5.74) is 7.36. The van der Waals surface area contributed by atoms with Crippen LogP contribution in [-0.4, -0.2) is 28.3 Å². The zero-order valence-electron chi connectivity index (χ0n) is 13.8. The number of carbonyl (C=O) groups is 1. The quantitative estimate of drug-likeness (QED) is 0.778. The Kier molecular flexibility index (Phi) is 5.76. The molecule has 0 spiro atoms. The first kappa shape index (κ1) is 17.0. The monoisotopic (exact) mass is 316 g/mol. The molecular weight excluding hydrogens is 292 g/mol. The molecule has 1 amide bonds. The lowest BCUT2D eigenvalue weighted by molar-refractivity contribution is -0.119. The minimum absolute atomic E-state index is 0.102. The van der Waals surface area contributed by atoms with Crippen LogP contribution in [0, 0.1) is 6.92 Å². The molecule has 1 aromatic heterocycles. The van der Waals surface area contributed by atoms with Crippen LogP contribution in [0.4, 0.5) is 0 Å². The Morgan fingerprint density at radius 1 is 1.35 bits per heavy atom. The molecule has 124 valence electrons. The highest BCUT2D eigenvalue weighted by atomic mass is 16.5. The molecule has 2 rings (SSSR count). The summed E-state index contributed by atoms with van der Waals surface area (Å²) in [7, 11) is 0. The second-order valence-electron chi connectivity index (χ2n) is 5.81. The van der Waals surface area contributed by atoms with Gasteiger partial charge in [0.05, 0.1) is 12.2 Å². The van der Waals surface area contributed by atoms with Gasteiger partial charge in [-0.2, -0.15) is 5.10 Å². The van der Waals surface area contributed by atoms with Crippen molar-refractivity contribution in [3.05, 3.63) is 47.8 Å². The average Bonchev–Trinajstić information content (AvgIpc) is 2.97. The maximum absolute atomic E-state index is 10.7. The van der Waals surface area contributed by atoms with Crippen LogP contribution >= 0.6 is 0 Å². The third-order valence-electron chi connectivity index (χ3n) is 3.80. The molecular formula is C17H24N4O2. The maximum atomic E-state index is 10.7. The fraction of sp³-hybridized carbons (Fsp3) is 0.412. The highest BCUT2D eigenvalue weighted by Gasteiger charge is 2.14. The minimum atomic E-state index is -0.479. The molecule has 6 nitrogen and oxygen atoms in total. The first-order valence-electron chi connectivity index (χ1n) is 7.70. The number of nitrogens with two attached hydrogens (primary N) is 1. The van der Waals surface area contributed by atoms with Crippen molar-refractivity contribution < 1.29 is 9.53 Å². The molecule has 6 heteroatoms. The number of benzene rings is 1. The molecule has 0 aliphatic rings. The standard InChI is InChI=1S/C17H24N4O2/c1-12-8-20-21(10-12)14(3)13(2)19-9-15-4-6-16(7-5-15)23-11-17(18)22/h4-8,10,13-14,19H,9,11H2,1-3H3,(H2,18,22)/t13-,14-/m0/s1. The third-order valence-corrected chi connectivity index (χ3v) is 3.80. The Hall–Kier alpha value is -2.34. The van der Waals surface area contributed by atoms with Gasteiger partial charge in [0.15, 0.2) is 6.61 Å². The lowest BCUT2D eigenvalue weighted by atomic mass is 10.1. The van der Waals surface area contributed by atoms with E-state index < -0.39 is 5.91 Å². The summed E-state index contributed by atoms with van der Waals surface area (Å²) in [5, 5.41) is 7.86. The summed E-state index contributed by atoms with van der Waals surface area (Å²) in [6.07, 6.45) is 3.92. The molecule has 23 heavy (non-hydrogen) atoms. The molecule has 0 radical (unpaired) electrons.